The molecule has 2 aromatic rings. The fourth-order valence-corrected chi connectivity index (χ4v) is 2.47. The van der Waals surface area contributed by atoms with E-state index in [2.05, 4.69) is 20.8 Å². The molecule has 0 aliphatic carbocycles. The van der Waals surface area contributed by atoms with E-state index in [1.54, 1.807) is 24.3 Å². The van der Waals surface area contributed by atoms with Crippen molar-refractivity contribution >= 4 is 23.6 Å². The Balaban J connectivity index is 2.07. The molecule has 0 unspecified atom stereocenters. The molecule has 3 N–H and O–H groups in total. The van der Waals surface area contributed by atoms with E-state index in [9.17, 15) is 9.59 Å². The van der Waals surface area contributed by atoms with Gasteiger partial charge in [0.25, 0.3) is 0 Å². The SMILES string of the molecule is CC(C)(C)NC(=O)CSc1nnnn1-c1ccc(C(N)=O)cc1. The van der Waals surface area contributed by atoms with Gasteiger partial charge in [-0.25, -0.2) is 0 Å². The average molecular weight is 334 g/mol. The van der Waals surface area contributed by atoms with E-state index in [0.29, 0.717) is 16.4 Å². The fraction of sp³-hybridized carbons (Fsp3) is 0.357. The van der Waals surface area contributed by atoms with Crippen molar-refractivity contribution in [3.05, 3.63) is 29.8 Å². The molecule has 0 fully saturated rings. The smallest absolute Gasteiger partial charge is 0.248 e. The highest BCUT2D eigenvalue weighted by Gasteiger charge is 2.16. The van der Waals surface area contributed by atoms with Gasteiger partial charge >= 0.3 is 0 Å². The molecule has 122 valence electrons. The number of nitrogens with two attached hydrogens (primary N) is 1. The summed E-state index contributed by atoms with van der Waals surface area (Å²) in [5, 5.41) is 14.8. The van der Waals surface area contributed by atoms with Crippen molar-refractivity contribution in [3.63, 3.8) is 0 Å². The predicted octanol–water partition coefficient (Wildman–Crippen LogP) is 0.768. The van der Waals surface area contributed by atoms with Crippen LogP contribution in [0, 0.1) is 0 Å². The van der Waals surface area contributed by atoms with Crippen LogP contribution in [-0.2, 0) is 4.79 Å². The second-order valence-electron chi connectivity index (χ2n) is 5.87. The third-order valence-electron chi connectivity index (χ3n) is 2.68. The standard InChI is InChI=1S/C14H18N6O2S/c1-14(2,3)16-11(21)8-23-13-17-18-19-20(13)10-6-4-9(5-7-10)12(15)22/h4-7H,8H2,1-3H3,(H2,15,22)(H,16,21). The molecule has 0 atom stereocenters. The average Bonchev–Trinajstić information content (AvgIpc) is 2.92. The van der Waals surface area contributed by atoms with E-state index in [-0.39, 0.29) is 17.2 Å². The van der Waals surface area contributed by atoms with E-state index < -0.39 is 5.91 Å². The minimum Gasteiger partial charge on any atom is -0.366 e. The fourth-order valence-electron chi connectivity index (χ4n) is 1.78. The summed E-state index contributed by atoms with van der Waals surface area (Å²) in [6.07, 6.45) is 0. The summed E-state index contributed by atoms with van der Waals surface area (Å²) in [6, 6.07) is 6.58. The van der Waals surface area contributed by atoms with Crippen molar-refractivity contribution in [1.29, 1.82) is 0 Å². The first-order chi connectivity index (χ1) is 10.8. The van der Waals surface area contributed by atoms with Gasteiger partial charge in [0.05, 0.1) is 11.4 Å². The number of primary amides is 1. The van der Waals surface area contributed by atoms with Crippen LogP contribution in [0.4, 0.5) is 0 Å². The van der Waals surface area contributed by atoms with E-state index in [0.717, 1.165) is 0 Å². The van der Waals surface area contributed by atoms with Gasteiger partial charge in [0, 0.05) is 11.1 Å². The highest BCUT2D eigenvalue weighted by molar-refractivity contribution is 7.99. The molecule has 9 heteroatoms. The number of hydrogen-bond donors (Lipinski definition) is 2. The molecule has 0 saturated heterocycles. The number of rotatable bonds is 5. The molecule has 0 aliphatic rings. The van der Waals surface area contributed by atoms with Gasteiger partial charge in [-0.2, -0.15) is 4.68 Å². The summed E-state index contributed by atoms with van der Waals surface area (Å²) in [4.78, 5) is 22.9. The number of nitrogens with zero attached hydrogens (tertiary/aromatic N) is 4. The van der Waals surface area contributed by atoms with Gasteiger partial charge in [-0.1, -0.05) is 11.8 Å². The molecule has 23 heavy (non-hydrogen) atoms. The summed E-state index contributed by atoms with van der Waals surface area (Å²) in [5.74, 6) is -0.389. The van der Waals surface area contributed by atoms with Crippen molar-refractivity contribution in [2.24, 2.45) is 5.73 Å². The molecule has 0 bridgehead atoms. The minimum atomic E-state index is -0.498. The highest BCUT2D eigenvalue weighted by Crippen LogP contribution is 2.18. The molecule has 1 heterocycles. The van der Waals surface area contributed by atoms with Crippen molar-refractivity contribution in [2.45, 2.75) is 31.5 Å². The Morgan fingerprint density at radius 3 is 2.48 bits per heavy atom. The number of aromatic nitrogens is 4. The van der Waals surface area contributed by atoms with Crippen LogP contribution in [0.2, 0.25) is 0 Å². The van der Waals surface area contributed by atoms with E-state index in [4.69, 9.17) is 5.73 Å². The first kappa shape index (κ1) is 16.9. The van der Waals surface area contributed by atoms with E-state index in [1.807, 2.05) is 20.8 Å². The predicted molar refractivity (Wildman–Crippen MR) is 86.3 cm³/mol. The van der Waals surface area contributed by atoms with Crippen LogP contribution < -0.4 is 11.1 Å². The lowest BCUT2D eigenvalue weighted by molar-refractivity contribution is -0.119. The Morgan fingerprint density at radius 1 is 1.26 bits per heavy atom. The van der Waals surface area contributed by atoms with Crippen LogP contribution in [-0.4, -0.2) is 43.3 Å². The van der Waals surface area contributed by atoms with Crippen LogP contribution in [0.15, 0.2) is 29.4 Å². The molecule has 0 aliphatic heterocycles. The first-order valence-electron chi connectivity index (χ1n) is 6.89. The topological polar surface area (TPSA) is 116 Å². The van der Waals surface area contributed by atoms with Gasteiger partial charge in [0.15, 0.2) is 0 Å². The summed E-state index contributed by atoms with van der Waals surface area (Å²) < 4.78 is 1.50. The van der Waals surface area contributed by atoms with Crippen LogP contribution in [0.1, 0.15) is 31.1 Å². The summed E-state index contributed by atoms with van der Waals surface area (Å²) >= 11 is 1.23. The lowest BCUT2D eigenvalue weighted by atomic mass is 10.1. The van der Waals surface area contributed by atoms with Crippen molar-refractivity contribution in [1.82, 2.24) is 25.5 Å². The Morgan fingerprint density at radius 2 is 1.91 bits per heavy atom. The Labute approximate surface area is 137 Å². The molecule has 2 rings (SSSR count). The van der Waals surface area contributed by atoms with Gasteiger partial charge < -0.3 is 11.1 Å². The Hall–Kier alpha value is -2.42. The van der Waals surface area contributed by atoms with Crippen LogP contribution in [0.5, 0.6) is 0 Å². The van der Waals surface area contributed by atoms with Crippen molar-refractivity contribution in [2.75, 3.05) is 5.75 Å². The third kappa shape index (κ3) is 4.78. The van der Waals surface area contributed by atoms with Crippen LogP contribution >= 0.6 is 11.8 Å². The molecule has 0 spiro atoms. The zero-order valence-electron chi connectivity index (χ0n) is 13.1. The minimum absolute atomic E-state index is 0.0962. The van der Waals surface area contributed by atoms with Gasteiger partial charge in [-0.05, 0) is 55.5 Å². The highest BCUT2D eigenvalue weighted by atomic mass is 32.2. The molecular weight excluding hydrogens is 316 g/mol. The zero-order valence-corrected chi connectivity index (χ0v) is 13.9. The summed E-state index contributed by atoms with van der Waals surface area (Å²) in [6.45, 7) is 5.75. The number of nitrogens with one attached hydrogen (secondary N) is 1. The number of thioether (sulfide) groups is 1. The quantitative estimate of drug-likeness (QED) is 0.780. The lowest BCUT2D eigenvalue weighted by Gasteiger charge is -2.20. The van der Waals surface area contributed by atoms with E-state index >= 15 is 0 Å². The van der Waals surface area contributed by atoms with Crippen LogP contribution in [0.3, 0.4) is 0 Å². The maximum Gasteiger partial charge on any atom is 0.248 e. The van der Waals surface area contributed by atoms with Crippen molar-refractivity contribution < 1.29 is 9.59 Å². The zero-order chi connectivity index (χ0) is 17.0. The van der Waals surface area contributed by atoms with Gasteiger partial charge in [0.2, 0.25) is 17.0 Å². The molecule has 1 aromatic carbocycles. The van der Waals surface area contributed by atoms with Crippen molar-refractivity contribution in [3.8, 4) is 5.69 Å². The van der Waals surface area contributed by atoms with Gasteiger partial charge in [0.1, 0.15) is 0 Å². The summed E-state index contributed by atoms with van der Waals surface area (Å²) in [5.41, 5.74) is 6.01. The monoisotopic (exact) mass is 334 g/mol. The normalized spacial score (nSPS) is 11.3. The molecule has 2 amide bonds. The Kier molecular flexibility index (Phi) is 4.99. The second kappa shape index (κ2) is 6.78. The number of hydrogen-bond acceptors (Lipinski definition) is 6. The number of carbonyl (C=O) groups excluding carboxylic acids is 2. The Bertz CT molecular complexity index is 705. The number of tetrazole rings is 1. The van der Waals surface area contributed by atoms with Gasteiger partial charge in [-0.3, -0.25) is 9.59 Å². The van der Waals surface area contributed by atoms with E-state index in [1.165, 1.54) is 16.4 Å². The van der Waals surface area contributed by atoms with Crippen LogP contribution in [0.25, 0.3) is 5.69 Å². The first-order valence-corrected chi connectivity index (χ1v) is 7.87. The maximum atomic E-state index is 11.9. The van der Waals surface area contributed by atoms with Gasteiger partial charge in [-0.15, -0.1) is 5.10 Å². The molecule has 0 saturated carbocycles. The summed E-state index contributed by atoms with van der Waals surface area (Å²) in [7, 11) is 0. The number of amides is 2. The molecular formula is C14H18N6O2S. The molecule has 0 radical (unpaired) electrons. The molecule has 1 aromatic heterocycles. The second-order valence-corrected chi connectivity index (χ2v) is 6.81. The number of benzene rings is 1. The lowest BCUT2D eigenvalue weighted by Crippen LogP contribution is -2.41. The number of carbonyl (C=O) groups is 2. The maximum absolute atomic E-state index is 11.9. The third-order valence-corrected chi connectivity index (χ3v) is 3.60. The molecule has 8 nitrogen and oxygen atoms in total. The largest absolute Gasteiger partial charge is 0.366 e.